The Hall–Kier alpha value is -2.43. The molecule has 0 radical (unpaired) electrons. The summed E-state index contributed by atoms with van der Waals surface area (Å²) in [6, 6.07) is 9.50. The lowest BCUT2D eigenvalue weighted by atomic mass is 9.95. The molecule has 0 heterocycles. The number of carbonyl (C=O) groups is 2. The normalized spacial score (nSPS) is 11.2. The zero-order chi connectivity index (χ0) is 14.8. The van der Waals surface area contributed by atoms with Crippen LogP contribution in [0.4, 0.5) is 13.2 Å². The smallest absolute Gasteiger partial charge is 0.298 e. The molecule has 2 nitrogen and oxygen atoms in total. The number of hydrogen-bond acceptors (Lipinski definition) is 2. The average Bonchev–Trinajstić information content (AvgIpc) is 2.45. The van der Waals surface area contributed by atoms with Gasteiger partial charge in [-0.2, -0.15) is 13.2 Å². The maximum absolute atomic E-state index is 13.1. The zero-order valence-electron chi connectivity index (χ0n) is 10.1. The van der Waals surface area contributed by atoms with Crippen LogP contribution in [0.25, 0.3) is 11.1 Å². The van der Waals surface area contributed by atoms with Gasteiger partial charge in [0.1, 0.15) is 6.29 Å². The van der Waals surface area contributed by atoms with E-state index in [0.717, 1.165) is 6.07 Å². The van der Waals surface area contributed by atoms with Gasteiger partial charge >= 0.3 is 6.18 Å². The minimum atomic E-state index is -4.63. The predicted molar refractivity (Wildman–Crippen MR) is 67.7 cm³/mol. The number of aldehydes is 2. The fourth-order valence-electron chi connectivity index (χ4n) is 1.97. The van der Waals surface area contributed by atoms with Gasteiger partial charge in [-0.15, -0.1) is 0 Å². The maximum atomic E-state index is 13.1. The molecule has 0 N–H and O–H groups in total. The molecule has 102 valence electrons. The topological polar surface area (TPSA) is 34.1 Å². The first kappa shape index (κ1) is 14.0. The molecule has 2 aromatic rings. The van der Waals surface area contributed by atoms with Gasteiger partial charge in [0.25, 0.3) is 0 Å². The molecule has 2 rings (SSSR count). The first-order valence-electron chi connectivity index (χ1n) is 5.68. The van der Waals surface area contributed by atoms with E-state index in [-0.39, 0.29) is 11.8 Å². The van der Waals surface area contributed by atoms with E-state index in [4.69, 9.17) is 0 Å². The summed E-state index contributed by atoms with van der Waals surface area (Å²) in [6.07, 6.45) is -3.83. The van der Waals surface area contributed by atoms with Gasteiger partial charge in [0, 0.05) is 11.1 Å². The van der Waals surface area contributed by atoms with Gasteiger partial charge in [0.05, 0.1) is 5.56 Å². The van der Waals surface area contributed by atoms with Crippen molar-refractivity contribution in [2.45, 2.75) is 6.18 Å². The first-order valence-corrected chi connectivity index (χ1v) is 5.68. The Morgan fingerprint density at radius 1 is 0.850 bits per heavy atom. The van der Waals surface area contributed by atoms with Gasteiger partial charge in [0.2, 0.25) is 0 Å². The first-order chi connectivity index (χ1) is 9.47. The van der Waals surface area contributed by atoms with Crippen molar-refractivity contribution in [1.82, 2.24) is 0 Å². The van der Waals surface area contributed by atoms with Gasteiger partial charge in [0.15, 0.2) is 6.29 Å². The maximum Gasteiger partial charge on any atom is 0.417 e. The molecule has 0 bridgehead atoms. The number of carbonyl (C=O) groups excluding carboxylic acids is 2. The quantitative estimate of drug-likeness (QED) is 0.795. The summed E-state index contributed by atoms with van der Waals surface area (Å²) in [4.78, 5) is 21.4. The Balaban J connectivity index is 2.66. The average molecular weight is 278 g/mol. The molecule has 0 aliphatic carbocycles. The number of halogens is 3. The van der Waals surface area contributed by atoms with E-state index >= 15 is 0 Å². The monoisotopic (exact) mass is 278 g/mol. The summed E-state index contributed by atoms with van der Waals surface area (Å²) in [5, 5.41) is 0. The third-order valence-electron chi connectivity index (χ3n) is 2.86. The van der Waals surface area contributed by atoms with Crippen LogP contribution >= 0.6 is 0 Å². The van der Waals surface area contributed by atoms with Crippen LogP contribution in [0.1, 0.15) is 26.3 Å². The predicted octanol–water partition coefficient (Wildman–Crippen LogP) is 4.00. The Morgan fingerprint density at radius 2 is 1.50 bits per heavy atom. The van der Waals surface area contributed by atoms with Gasteiger partial charge in [-0.3, -0.25) is 9.59 Å². The Morgan fingerprint density at radius 3 is 2.00 bits per heavy atom. The molecule has 0 amide bonds. The fourth-order valence-corrected chi connectivity index (χ4v) is 1.97. The number of benzene rings is 2. The van der Waals surface area contributed by atoms with Crippen LogP contribution in [0.5, 0.6) is 0 Å². The Kier molecular flexibility index (Phi) is 3.70. The van der Waals surface area contributed by atoms with Crippen molar-refractivity contribution < 1.29 is 22.8 Å². The second-order valence-electron chi connectivity index (χ2n) is 4.13. The third-order valence-corrected chi connectivity index (χ3v) is 2.86. The highest BCUT2D eigenvalue weighted by atomic mass is 19.4. The SMILES string of the molecule is O=Cc1ccc(-c2cccc(C=O)c2C(F)(F)F)cc1. The summed E-state index contributed by atoms with van der Waals surface area (Å²) in [6.45, 7) is 0. The van der Waals surface area contributed by atoms with E-state index in [1.165, 1.54) is 36.4 Å². The van der Waals surface area contributed by atoms with E-state index in [9.17, 15) is 22.8 Å². The largest absolute Gasteiger partial charge is 0.417 e. The minimum absolute atomic E-state index is 0.0838. The lowest BCUT2D eigenvalue weighted by molar-refractivity contribution is -0.137. The molecule has 0 aliphatic heterocycles. The van der Waals surface area contributed by atoms with Gasteiger partial charge in [-0.1, -0.05) is 42.5 Å². The highest BCUT2D eigenvalue weighted by Crippen LogP contribution is 2.38. The van der Waals surface area contributed by atoms with Gasteiger partial charge < -0.3 is 0 Å². The van der Waals surface area contributed by atoms with Crippen LogP contribution in [-0.4, -0.2) is 12.6 Å². The van der Waals surface area contributed by atoms with E-state index in [2.05, 4.69) is 0 Å². The number of hydrogen-bond donors (Lipinski definition) is 0. The van der Waals surface area contributed by atoms with Crippen LogP contribution in [0.15, 0.2) is 42.5 Å². The molecular formula is C15H9F3O2. The van der Waals surface area contributed by atoms with Crippen LogP contribution < -0.4 is 0 Å². The summed E-state index contributed by atoms with van der Waals surface area (Å²) in [5.74, 6) is 0. The number of alkyl halides is 3. The molecule has 20 heavy (non-hydrogen) atoms. The molecule has 5 heteroatoms. The van der Waals surface area contributed by atoms with Crippen molar-refractivity contribution in [2.75, 3.05) is 0 Å². The highest BCUT2D eigenvalue weighted by Gasteiger charge is 2.36. The molecule has 0 saturated carbocycles. The lowest BCUT2D eigenvalue weighted by Gasteiger charge is -2.15. The molecule has 0 spiro atoms. The summed E-state index contributed by atoms with van der Waals surface area (Å²) in [7, 11) is 0. The van der Waals surface area contributed by atoms with Crippen LogP contribution in [-0.2, 0) is 6.18 Å². The fraction of sp³-hybridized carbons (Fsp3) is 0.0667. The van der Waals surface area contributed by atoms with Crippen molar-refractivity contribution in [3.63, 3.8) is 0 Å². The van der Waals surface area contributed by atoms with Crippen molar-refractivity contribution in [1.29, 1.82) is 0 Å². The van der Waals surface area contributed by atoms with Crippen molar-refractivity contribution in [2.24, 2.45) is 0 Å². The van der Waals surface area contributed by atoms with Crippen LogP contribution in [0.2, 0.25) is 0 Å². The molecular weight excluding hydrogens is 269 g/mol. The molecule has 0 saturated heterocycles. The standard InChI is InChI=1S/C15H9F3O2/c16-15(17,18)14-12(9-20)2-1-3-13(14)11-6-4-10(8-19)5-7-11/h1-9H. The van der Waals surface area contributed by atoms with Crippen molar-refractivity contribution in [3.8, 4) is 11.1 Å². The van der Waals surface area contributed by atoms with Crippen molar-refractivity contribution in [3.05, 3.63) is 59.2 Å². The molecule has 0 aliphatic rings. The van der Waals surface area contributed by atoms with E-state index in [1.54, 1.807) is 0 Å². The summed E-state index contributed by atoms with van der Waals surface area (Å²) >= 11 is 0. The molecule has 0 fully saturated rings. The van der Waals surface area contributed by atoms with Gasteiger partial charge in [-0.25, -0.2) is 0 Å². The van der Waals surface area contributed by atoms with Crippen LogP contribution in [0.3, 0.4) is 0 Å². The second-order valence-corrected chi connectivity index (χ2v) is 4.13. The summed E-state index contributed by atoms with van der Waals surface area (Å²) < 4.78 is 39.3. The molecule has 0 atom stereocenters. The highest BCUT2D eigenvalue weighted by molar-refractivity contribution is 5.84. The van der Waals surface area contributed by atoms with E-state index in [1.807, 2.05) is 0 Å². The van der Waals surface area contributed by atoms with E-state index in [0.29, 0.717) is 17.4 Å². The summed E-state index contributed by atoms with van der Waals surface area (Å²) in [5.41, 5.74) is -0.789. The second kappa shape index (κ2) is 5.28. The molecule has 0 unspecified atom stereocenters. The number of rotatable bonds is 3. The van der Waals surface area contributed by atoms with E-state index < -0.39 is 17.3 Å². The lowest BCUT2D eigenvalue weighted by Crippen LogP contribution is -2.11. The zero-order valence-corrected chi connectivity index (χ0v) is 10.1. The minimum Gasteiger partial charge on any atom is -0.298 e. The van der Waals surface area contributed by atoms with Gasteiger partial charge in [-0.05, 0) is 11.1 Å². The molecule has 0 aromatic heterocycles. The Bertz CT molecular complexity index is 643. The van der Waals surface area contributed by atoms with Crippen LogP contribution in [0, 0.1) is 0 Å². The van der Waals surface area contributed by atoms with Crippen molar-refractivity contribution >= 4 is 12.6 Å². The molecule has 2 aromatic carbocycles. The third kappa shape index (κ3) is 2.61. The Labute approximate surface area is 112 Å².